The Labute approximate surface area is 94.8 Å². The largest absolute Gasteiger partial charge is 0.385 e. The van der Waals surface area contributed by atoms with Gasteiger partial charge in [-0.25, -0.2) is 0 Å². The van der Waals surface area contributed by atoms with Gasteiger partial charge in [-0.15, -0.1) is 0 Å². The number of methoxy groups -OCH3 is 1. The summed E-state index contributed by atoms with van der Waals surface area (Å²) < 4.78 is 5.19. The minimum atomic E-state index is 0.683. The maximum absolute atomic E-state index is 5.19. The molecule has 0 saturated heterocycles. The molecular formula is C13H27NO. The fourth-order valence-electron chi connectivity index (χ4n) is 2.70. The monoisotopic (exact) mass is 213 g/mol. The van der Waals surface area contributed by atoms with Crippen LogP contribution in [0.4, 0.5) is 0 Å². The van der Waals surface area contributed by atoms with Crippen LogP contribution in [0.2, 0.25) is 0 Å². The molecule has 0 aromatic heterocycles. The van der Waals surface area contributed by atoms with Gasteiger partial charge in [0.15, 0.2) is 0 Å². The van der Waals surface area contributed by atoms with E-state index >= 15 is 0 Å². The van der Waals surface area contributed by atoms with E-state index in [1.807, 2.05) is 0 Å². The molecule has 0 heterocycles. The van der Waals surface area contributed by atoms with Gasteiger partial charge >= 0.3 is 0 Å². The van der Waals surface area contributed by atoms with E-state index in [-0.39, 0.29) is 0 Å². The van der Waals surface area contributed by atoms with Crippen LogP contribution in [-0.2, 0) is 4.74 Å². The third-order valence-electron chi connectivity index (χ3n) is 3.73. The third-order valence-corrected chi connectivity index (χ3v) is 3.73. The number of rotatable bonds is 6. The van der Waals surface area contributed by atoms with Crippen molar-refractivity contribution in [2.75, 3.05) is 20.3 Å². The number of hydrogen-bond donors (Lipinski definition) is 1. The molecule has 0 aromatic rings. The van der Waals surface area contributed by atoms with Gasteiger partial charge in [-0.1, -0.05) is 26.7 Å². The Kier molecular flexibility index (Phi) is 6.26. The van der Waals surface area contributed by atoms with Gasteiger partial charge in [0, 0.05) is 19.8 Å². The number of nitrogens with one attached hydrogen (secondary N) is 1. The van der Waals surface area contributed by atoms with Gasteiger partial charge in [0.05, 0.1) is 0 Å². The maximum atomic E-state index is 5.19. The van der Waals surface area contributed by atoms with Crippen LogP contribution in [-0.4, -0.2) is 26.3 Å². The Bertz CT molecular complexity index is 153. The molecule has 0 bridgehead atoms. The second-order valence-corrected chi connectivity index (χ2v) is 4.97. The predicted octanol–water partition coefficient (Wildman–Crippen LogP) is 2.83. The zero-order chi connectivity index (χ0) is 11.1. The second-order valence-electron chi connectivity index (χ2n) is 4.97. The van der Waals surface area contributed by atoms with E-state index in [9.17, 15) is 0 Å². The van der Waals surface area contributed by atoms with Crippen molar-refractivity contribution >= 4 is 0 Å². The van der Waals surface area contributed by atoms with Gasteiger partial charge in [0.2, 0.25) is 0 Å². The molecule has 15 heavy (non-hydrogen) atoms. The zero-order valence-corrected chi connectivity index (χ0v) is 10.6. The molecule has 1 rings (SSSR count). The highest BCUT2D eigenvalue weighted by molar-refractivity contribution is 4.80. The molecule has 1 aliphatic rings. The van der Waals surface area contributed by atoms with Gasteiger partial charge < -0.3 is 10.1 Å². The molecule has 1 unspecified atom stereocenters. The first-order valence-electron chi connectivity index (χ1n) is 6.50. The summed E-state index contributed by atoms with van der Waals surface area (Å²) in [7, 11) is 1.80. The standard InChI is InChI=1S/C13H27NO/c1-4-14-13(9-10-15-3)12-7-5-11(2)6-8-12/h11-14H,4-10H2,1-3H3. The van der Waals surface area contributed by atoms with Crippen molar-refractivity contribution in [2.24, 2.45) is 11.8 Å². The number of hydrogen-bond acceptors (Lipinski definition) is 2. The van der Waals surface area contributed by atoms with Gasteiger partial charge in [-0.05, 0) is 37.6 Å². The highest BCUT2D eigenvalue weighted by atomic mass is 16.5. The molecule has 0 radical (unpaired) electrons. The fraction of sp³-hybridized carbons (Fsp3) is 1.00. The summed E-state index contributed by atoms with van der Waals surface area (Å²) >= 11 is 0. The van der Waals surface area contributed by atoms with Gasteiger partial charge in [-0.3, -0.25) is 0 Å². The Balaban J connectivity index is 2.33. The summed E-state index contributed by atoms with van der Waals surface area (Å²) in [5.74, 6) is 1.84. The summed E-state index contributed by atoms with van der Waals surface area (Å²) in [5, 5.41) is 3.62. The summed E-state index contributed by atoms with van der Waals surface area (Å²) in [4.78, 5) is 0. The van der Waals surface area contributed by atoms with E-state index < -0.39 is 0 Å². The van der Waals surface area contributed by atoms with Crippen LogP contribution in [0.1, 0.15) is 46.0 Å². The first kappa shape index (κ1) is 13.0. The second kappa shape index (κ2) is 7.24. The van der Waals surface area contributed by atoms with Gasteiger partial charge in [0.25, 0.3) is 0 Å². The van der Waals surface area contributed by atoms with Crippen LogP contribution in [0.5, 0.6) is 0 Å². The van der Waals surface area contributed by atoms with E-state index in [1.54, 1.807) is 7.11 Å². The quantitative estimate of drug-likeness (QED) is 0.732. The molecule has 1 saturated carbocycles. The average Bonchev–Trinajstić information content (AvgIpc) is 2.25. The fourth-order valence-corrected chi connectivity index (χ4v) is 2.70. The molecule has 0 spiro atoms. The Morgan fingerprint density at radius 1 is 1.27 bits per heavy atom. The molecule has 1 aliphatic carbocycles. The van der Waals surface area contributed by atoms with Gasteiger partial charge in [-0.2, -0.15) is 0 Å². The van der Waals surface area contributed by atoms with Gasteiger partial charge in [0.1, 0.15) is 0 Å². The molecule has 0 aliphatic heterocycles. The van der Waals surface area contributed by atoms with Crippen molar-refractivity contribution < 1.29 is 4.74 Å². The molecule has 1 N–H and O–H groups in total. The Hall–Kier alpha value is -0.0800. The minimum Gasteiger partial charge on any atom is -0.385 e. The number of ether oxygens (including phenoxy) is 1. The summed E-state index contributed by atoms with van der Waals surface area (Å²) in [6, 6.07) is 0.683. The first-order chi connectivity index (χ1) is 7.27. The highest BCUT2D eigenvalue weighted by Crippen LogP contribution is 2.31. The third kappa shape index (κ3) is 4.52. The van der Waals surface area contributed by atoms with Crippen molar-refractivity contribution in [3.05, 3.63) is 0 Å². The van der Waals surface area contributed by atoms with Crippen LogP contribution in [0, 0.1) is 11.8 Å². The van der Waals surface area contributed by atoms with E-state index in [4.69, 9.17) is 4.74 Å². The van der Waals surface area contributed by atoms with Crippen molar-refractivity contribution in [1.82, 2.24) is 5.32 Å². The van der Waals surface area contributed by atoms with Crippen molar-refractivity contribution in [2.45, 2.75) is 52.0 Å². The van der Waals surface area contributed by atoms with Crippen LogP contribution in [0.15, 0.2) is 0 Å². The SMILES string of the molecule is CCNC(CCOC)C1CCC(C)CC1. The molecule has 0 amide bonds. The maximum Gasteiger partial charge on any atom is 0.0477 e. The lowest BCUT2D eigenvalue weighted by Gasteiger charge is -2.33. The van der Waals surface area contributed by atoms with Crippen molar-refractivity contribution in [1.29, 1.82) is 0 Å². The van der Waals surface area contributed by atoms with E-state index in [1.165, 1.54) is 32.1 Å². The van der Waals surface area contributed by atoms with E-state index in [2.05, 4.69) is 19.2 Å². The van der Waals surface area contributed by atoms with Crippen LogP contribution in [0.25, 0.3) is 0 Å². The molecular weight excluding hydrogens is 186 g/mol. The van der Waals surface area contributed by atoms with Crippen molar-refractivity contribution in [3.8, 4) is 0 Å². The van der Waals surface area contributed by atoms with Crippen LogP contribution in [0.3, 0.4) is 0 Å². The topological polar surface area (TPSA) is 21.3 Å². The molecule has 2 heteroatoms. The Morgan fingerprint density at radius 3 is 2.47 bits per heavy atom. The zero-order valence-electron chi connectivity index (χ0n) is 10.6. The van der Waals surface area contributed by atoms with Crippen LogP contribution >= 0.6 is 0 Å². The lowest BCUT2D eigenvalue weighted by Crippen LogP contribution is -2.38. The lowest BCUT2D eigenvalue weighted by atomic mass is 9.78. The van der Waals surface area contributed by atoms with E-state index in [0.717, 1.165) is 25.0 Å². The molecule has 1 atom stereocenters. The average molecular weight is 213 g/mol. The molecule has 90 valence electrons. The molecule has 2 nitrogen and oxygen atoms in total. The first-order valence-corrected chi connectivity index (χ1v) is 6.50. The highest BCUT2D eigenvalue weighted by Gasteiger charge is 2.24. The minimum absolute atomic E-state index is 0.683. The normalized spacial score (nSPS) is 29.0. The summed E-state index contributed by atoms with van der Waals surface area (Å²) in [5.41, 5.74) is 0. The lowest BCUT2D eigenvalue weighted by molar-refractivity contribution is 0.153. The summed E-state index contributed by atoms with van der Waals surface area (Å²) in [6.45, 7) is 6.56. The molecule has 0 aromatic carbocycles. The van der Waals surface area contributed by atoms with Crippen molar-refractivity contribution in [3.63, 3.8) is 0 Å². The smallest absolute Gasteiger partial charge is 0.0477 e. The van der Waals surface area contributed by atoms with E-state index in [0.29, 0.717) is 6.04 Å². The molecule has 1 fully saturated rings. The Morgan fingerprint density at radius 2 is 1.93 bits per heavy atom. The predicted molar refractivity (Wildman–Crippen MR) is 65.1 cm³/mol. The van der Waals surface area contributed by atoms with Crippen LogP contribution < -0.4 is 5.32 Å². The summed E-state index contributed by atoms with van der Waals surface area (Å²) in [6.07, 6.45) is 6.81.